The molecule has 0 aromatic heterocycles. The quantitative estimate of drug-likeness (QED) is 0.816. The van der Waals surface area contributed by atoms with E-state index in [4.69, 9.17) is 4.74 Å². The van der Waals surface area contributed by atoms with Gasteiger partial charge in [0.15, 0.2) is 0 Å². The smallest absolute Gasteiger partial charge is 0.338 e. The number of esters is 1. The van der Waals surface area contributed by atoms with Crippen molar-refractivity contribution in [2.24, 2.45) is 5.92 Å². The lowest BCUT2D eigenvalue weighted by Gasteiger charge is -2.34. The highest BCUT2D eigenvalue weighted by molar-refractivity contribution is 5.89. The van der Waals surface area contributed by atoms with Crippen molar-refractivity contribution in [3.05, 3.63) is 35.9 Å². The molecule has 0 unspecified atom stereocenters. The summed E-state index contributed by atoms with van der Waals surface area (Å²) in [5.74, 6) is -1.99. The number of ether oxygens (including phenoxy) is 1. The first-order chi connectivity index (χ1) is 9.65. The highest BCUT2D eigenvalue weighted by Gasteiger charge is 2.47. The molecule has 2 aliphatic heterocycles. The number of carboxylic acid groups (broad SMARTS) is 1. The molecule has 2 saturated heterocycles. The van der Waals surface area contributed by atoms with Crippen LogP contribution in [0, 0.1) is 5.92 Å². The van der Waals surface area contributed by atoms with Gasteiger partial charge in [0, 0.05) is 18.5 Å². The van der Waals surface area contributed by atoms with Gasteiger partial charge in [-0.1, -0.05) is 18.2 Å². The van der Waals surface area contributed by atoms with Crippen molar-refractivity contribution in [1.29, 1.82) is 0 Å². The molecule has 5 heteroatoms. The largest absolute Gasteiger partial charge is 0.481 e. The van der Waals surface area contributed by atoms with E-state index in [9.17, 15) is 14.7 Å². The molecule has 2 aliphatic rings. The molecule has 0 aliphatic carbocycles. The fourth-order valence-electron chi connectivity index (χ4n) is 3.24. The zero-order chi connectivity index (χ0) is 14.1. The number of rotatable bonds is 3. The minimum atomic E-state index is -0.895. The second-order valence-corrected chi connectivity index (χ2v) is 5.46. The summed E-state index contributed by atoms with van der Waals surface area (Å²) in [5.41, 5.74) is 0.461. The highest BCUT2D eigenvalue weighted by atomic mass is 16.5. The Balaban J connectivity index is 1.75. The minimum Gasteiger partial charge on any atom is -0.481 e. The van der Waals surface area contributed by atoms with Gasteiger partial charge in [0.2, 0.25) is 0 Å². The Morgan fingerprint density at radius 3 is 2.65 bits per heavy atom. The lowest BCUT2D eigenvalue weighted by atomic mass is 9.89. The van der Waals surface area contributed by atoms with Crippen molar-refractivity contribution < 1.29 is 19.4 Å². The van der Waals surface area contributed by atoms with Gasteiger partial charge < -0.3 is 15.2 Å². The first-order valence-corrected chi connectivity index (χ1v) is 6.90. The summed E-state index contributed by atoms with van der Waals surface area (Å²) in [7, 11) is 0. The van der Waals surface area contributed by atoms with Crippen LogP contribution in [0.15, 0.2) is 30.3 Å². The molecule has 3 rings (SSSR count). The molecule has 2 N–H and O–H groups in total. The van der Waals surface area contributed by atoms with Crippen LogP contribution in [0.2, 0.25) is 0 Å². The van der Waals surface area contributed by atoms with E-state index in [1.165, 1.54) is 0 Å². The number of carboxylic acids is 1. The van der Waals surface area contributed by atoms with E-state index in [0.29, 0.717) is 12.0 Å². The van der Waals surface area contributed by atoms with Gasteiger partial charge in [-0.15, -0.1) is 0 Å². The predicted octanol–water partition coefficient (Wildman–Crippen LogP) is 1.44. The number of piperidine rings is 1. The highest BCUT2D eigenvalue weighted by Crippen LogP contribution is 2.34. The summed E-state index contributed by atoms with van der Waals surface area (Å²) < 4.78 is 5.47. The van der Waals surface area contributed by atoms with Crippen LogP contribution in [0.5, 0.6) is 0 Å². The van der Waals surface area contributed by atoms with E-state index in [1.807, 2.05) is 6.07 Å². The molecular weight excluding hydrogens is 258 g/mol. The van der Waals surface area contributed by atoms with Gasteiger partial charge in [0.1, 0.15) is 12.0 Å². The molecule has 2 bridgehead atoms. The van der Waals surface area contributed by atoms with Gasteiger partial charge in [0.25, 0.3) is 0 Å². The van der Waals surface area contributed by atoms with Crippen molar-refractivity contribution >= 4 is 11.9 Å². The van der Waals surface area contributed by atoms with Crippen LogP contribution in [0.25, 0.3) is 0 Å². The SMILES string of the molecule is O=C(O[C@@H]1C[C@H]2CC[C@H](N2)[C@@H]1C(=O)O)c1ccccc1. The zero-order valence-electron chi connectivity index (χ0n) is 11.0. The Morgan fingerprint density at radius 2 is 1.95 bits per heavy atom. The summed E-state index contributed by atoms with van der Waals surface area (Å²) >= 11 is 0. The molecule has 1 aromatic rings. The summed E-state index contributed by atoms with van der Waals surface area (Å²) in [4.78, 5) is 23.5. The summed E-state index contributed by atoms with van der Waals surface area (Å²) in [6.45, 7) is 0. The molecule has 0 radical (unpaired) electrons. The summed E-state index contributed by atoms with van der Waals surface area (Å²) in [5, 5.41) is 12.7. The first-order valence-electron chi connectivity index (χ1n) is 6.90. The third kappa shape index (κ3) is 2.41. The maximum Gasteiger partial charge on any atom is 0.338 e. The third-order valence-corrected chi connectivity index (χ3v) is 4.18. The van der Waals surface area contributed by atoms with Crippen molar-refractivity contribution in [3.63, 3.8) is 0 Å². The van der Waals surface area contributed by atoms with E-state index < -0.39 is 24.0 Å². The van der Waals surface area contributed by atoms with Crippen molar-refractivity contribution in [2.45, 2.75) is 37.5 Å². The number of nitrogens with one attached hydrogen (secondary N) is 1. The molecule has 2 heterocycles. The number of aliphatic carboxylic acids is 1. The van der Waals surface area contributed by atoms with Crippen molar-refractivity contribution in [3.8, 4) is 0 Å². The minimum absolute atomic E-state index is 0.0835. The number of carbonyl (C=O) groups is 2. The Hall–Kier alpha value is -1.88. The van der Waals surface area contributed by atoms with Crippen LogP contribution in [0.3, 0.4) is 0 Å². The maximum absolute atomic E-state index is 12.1. The standard InChI is InChI=1S/C15H17NO4/c17-14(18)13-11-7-6-10(16-11)8-12(13)20-15(19)9-4-2-1-3-5-9/h1-5,10-13,16H,6-8H2,(H,17,18)/t10-,11+,12-,13+/m1/s1. The van der Waals surface area contributed by atoms with E-state index in [1.54, 1.807) is 24.3 Å². The molecule has 0 amide bonds. The molecule has 5 nitrogen and oxygen atoms in total. The lowest BCUT2D eigenvalue weighted by Crippen LogP contribution is -2.52. The lowest BCUT2D eigenvalue weighted by molar-refractivity contribution is -0.148. The predicted molar refractivity (Wildman–Crippen MR) is 71.3 cm³/mol. The van der Waals surface area contributed by atoms with E-state index in [-0.39, 0.29) is 12.1 Å². The Kier molecular flexibility index (Phi) is 3.44. The molecule has 4 atom stereocenters. The van der Waals surface area contributed by atoms with Crippen LogP contribution >= 0.6 is 0 Å². The second-order valence-electron chi connectivity index (χ2n) is 5.46. The van der Waals surface area contributed by atoms with Gasteiger partial charge in [0.05, 0.1) is 5.56 Å². The van der Waals surface area contributed by atoms with E-state index >= 15 is 0 Å². The average Bonchev–Trinajstić information content (AvgIpc) is 2.81. The monoisotopic (exact) mass is 275 g/mol. The number of fused-ring (bicyclic) bond motifs is 2. The molecule has 0 saturated carbocycles. The molecule has 106 valence electrons. The summed E-state index contributed by atoms with van der Waals surface area (Å²) in [6, 6.07) is 8.88. The Bertz CT molecular complexity index is 516. The molecule has 20 heavy (non-hydrogen) atoms. The van der Waals surface area contributed by atoms with Crippen LogP contribution in [0.1, 0.15) is 29.6 Å². The molecule has 0 spiro atoms. The molecular formula is C15H17NO4. The van der Waals surface area contributed by atoms with Gasteiger partial charge in [-0.25, -0.2) is 4.79 Å². The van der Waals surface area contributed by atoms with Crippen molar-refractivity contribution in [2.75, 3.05) is 0 Å². The molecule has 2 fully saturated rings. The maximum atomic E-state index is 12.1. The zero-order valence-corrected chi connectivity index (χ0v) is 11.0. The van der Waals surface area contributed by atoms with Crippen LogP contribution < -0.4 is 5.32 Å². The second kappa shape index (κ2) is 5.25. The molecule has 1 aromatic carbocycles. The van der Waals surface area contributed by atoms with Gasteiger partial charge in [-0.3, -0.25) is 4.79 Å². The van der Waals surface area contributed by atoms with Crippen molar-refractivity contribution in [1.82, 2.24) is 5.32 Å². The Morgan fingerprint density at radius 1 is 1.20 bits per heavy atom. The van der Waals surface area contributed by atoms with E-state index in [0.717, 1.165) is 12.8 Å². The van der Waals surface area contributed by atoms with Gasteiger partial charge in [-0.05, 0) is 25.0 Å². The number of hydrogen-bond acceptors (Lipinski definition) is 4. The Labute approximate surface area is 116 Å². The average molecular weight is 275 g/mol. The van der Waals surface area contributed by atoms with Crippen LogP contribution in [-0.4, -0.2) is 35.2 Å². The van der Waals surface area contributed by atoms with E-state index in [2.05, 4.69) is 5.32 Å². The van der Waals surface area contributed by atoms with Crippen LogP contribution in [-0.2, 0) is 9.53 Å². The number of benzene rings is 1. The summed E-state index contributed by atoms with van der Waals surface area (Å²) in [6.07, 6.45) is 1.82. The fourth-order valence-corrected chi connectivity index (χ4v) is 3.24. The number of carbonyl (C=O) groups excluding carboxylic acids is 1. The van der Waals surface area contributed by atoms with Gasteiger partial charge in [-0.2, -0.15) is 0 Å². The fraction of sp³-hybridized carbons (Fsp3) is 0.467. The normalized spacial score (nSPS) is 31.8. The van der Waals surface area contributed by atoms with Crippen LogP contribution in [0.4, 0.5) is 0 Å². The van der Waals surface area contributed by atoms with Gasteiger partial charge >= 0.3 is 11.9 Å². The number of hydrogen-bond donors (Lipinski definition) is 2. The first kappa shape index (κ1) is 13.1. The third-order valence-electron chi connectivity index (χ3n) is 4.18. The topological polar surface area (TPSA) is 75.6 Å².